The van der Waals surface area contributed by atoms with E-state index in [0.717, 1.165) is 49.5 Å². The van der Waals surface area contributed by atoms with Crippen molar-refractivity contribution in [3.05, 3.63) is 58.4 Å². The highest BCUT2D eigenvalue weighted by Gasteiger charge is 2.53. The Kier molecular flexibility index (Phi) is 4.73. The largest absolute Gasteiger partial charge is 0.496 e. The Morgan fingerprint density at radius 2 is 2.00 bits per heavy atom. The molecule has 2 fully saturated rings. The molecule has 0 radical (unpaired) electrons. The molecular formula is C23H30N2O2. The van der Waals surface area contributed by atoms with Gasteiger partial charge in [-0.2, -0.15) is 0 Å². The molecule has 4 heteroatoms. The third-order valence-corrected chi connectivity index (χ3v) is 6.91. The van der Waals surface area contributed by atoms with Gasteiger partial charge in [0.1, 0.15) is 11.4 Å². The minimum absolute atomic E-state index is 0.269. The lowest BCUT2D eigenvalue weighted by molar-refractivity contribution is -0.0114. The number of ether oxygens (including phenoxy) is 1. The fourth-order valence-corrected chi connectivity index (χ4v) is 5.23. The van der Waals surface area contributed by atoms with Crippen LogP contribution < -0.4 is 4.74 Å². The quantitative estimate of drug-likeness (QED) is 0.895. The zero-order valence-corrected chi connectivity index (χ0v) is 16.8. The maximum Gasteiger partial charge on any atom is 0.122 e. The average molecular weight is 367 g/mol. The lowest BCUT2D eigenvalue weighted by atomic mass is 9.83. The zero-order valence-electron chi connectivity index (χ0n) is 16.8. The van der Waals surface area contributed by atoms with E-state index in [1.165, 1.54) is 16.7 Å². The number of pyridine rings is 1. The highest BCUT2D eigenvalue weighted by molar-refractivity contribution is 5.43. The van der Waals surface area contributed by atoms with Crippen LogP contribution in [0.2, 0.25) is 0 Å². The molecule has 1 N–H and O–H groups in total. The first-order chi connectivity index (χ1) is 12.9. The zero-order chi connectivity index (χ0) is 19.2. The second-order valence-corrected chi connectivity index (χ2v) is 8.37. The van der Waals surface area contributed by atoms with Crippen LogP contribution in [-0.4, -0.2) is 35.2 Å². The molecule has 0 spiro atoms. The number of aryl methyl sites for hydroxylation is 1. The number of likely N-dealkylation sites (tertiary alicyclic amines) is 1. The number of hydrogen-bond donors (Lipinski definition) is 1. The molecular weight excluding hydrogens is 336 g/mol. The smallest absolute Gasteiger partial charge is 0.122 e. The summed E-state index contributed by atoms with van der Waals surface area (Å²) in [4.78, 5) is 7.07. The van der Waals surface area contributed by atoms with Crippen LogP contribution in [0.1, 0.15) is 40.8 Å². The van der Waals surface area contributed by atoms with E-state index >= 15 is 0 Å². The Morgan fingerprint density at radius 3 is 2.74 bits per heavy atom. The monoisotopic (exact) mass is 366 g/mol. The first kappa shape index (κ1) is 18.5. The first-order valence-electron chi connectivity index (χ1n) is 9.94. The molecule has 1 aliphatic heterocycles. The molecule has 4 nitrogen and oxygen atoms in total. The molecule has 1 aliphatic carbocycles. The maximum absolute atomic E-state index is 11.6. The van der Waals surface area contributed by atoms with Crippen LogP contribution in [0, 0.1) is 32.6 Å². The summed E-state index contributed by atoms with van der Waals surface area (Å²) in [6.45, 7) is 9.28. The molecule has 0 amide bonds. The summed E-state index contributed by atoms with van der Waals surface area (Å²) in [5, 5.41) is 11.6. The fraction of sp³-hybridized carbons (Fsp3) is 0.522. The normalized spacial score (nSPS) is 27.7. The number of benzene rings is 1. The predicted octanol–water partition coefficient (Wildman–Crippen LogP) is 3.75. The van der Waals surface area contributed by atoms with Gasteiger partial charge in [0.15, 0.2) is 0 Å². The van der Waals surface area contributed by atoms with Crippen molar-refractivity contribution in [1.82, 2.24) is 9.88 Å². The van der Waals surface area contributed by atoms with E-state index in [9.17, 15) is 5.11 Å². The number of hydrogen-bond acceptors (Lipinski definition) is 4. The maximum atomic E-state index is 11.6. The summed E-state index contributed by atoms with van der Waals surface area (Å²) in [6.07, 6.45) is 3.72. The highest BCUT2D eigenvalue weighted by atomic mass is 16.5. The highest BCUT2D eigenvalue weighted by Crippen LogP contribution is 2.50. The Bertz CT molecular complexity index is 850. The summed E-state index contributed by atoms with van der Waals surface area (Å²) in [5.41, 5.74) is 5.08. The summed E-state index contributed by atoms with van der Waals surface area (Å²) in [7, 11) is 1.73. The van der Waals surface area contributed by atoms with Gasteiger partial charge in [0.05, 0.1) is 12.8 Å². The van der Waals surface area contributed by atoms with Gasteiger partial charge < -0.3 is 9.84 Å². The van der Waals surface area contributed by atoms with Crippen molar-refractivity contribution in [2.24, 2.45) is 11.8 Å². The van der Waals surface area contributed by atoms with Crippen LogP contribution in [-0.2, 0) is 12.1 Å². The minimum atomic E-state index is -0.782. The molecule has 1 saturated heterocycles. The fourth-order valence-electron chi connectivity index (χ4n) is 5.23. The molecule has 3 atom stereocenters. The summed E-state index contributed by atoms with van der Waals surface area (Å²) >= 11 is 0. The first-order valence-corrected chi connectivity index (χ1v) is 9.94. The SMILES string of the molecule is COc1ccc(CN2C[C@@H]3CC[C@@](O)(c4ncccc4C)[C@@H]3C2)c(C)c1C. The Labute approximate surface area is 162 Å². The van der Waals surface area contributed by atoms with Gasteiger partial charge in [0.2, 0.25) is 0 Å². The number of methoxy groups -OCH3 is 1. The van der Waals surface area contributed by atoms with Crippen molar-refractivity contribution in [3.8, 4) is 5.75 Å². The topological polar surface area (TPSA) is 45.6 Å². The lowest BCUT2D eigenvalue weighted by Crippen LogP contribution is -2.36. The van der Waals surface area contributed by atoms with Gasteiger partial charge in [0, 0.05) is 31.7 Å². The van der Waals surface area contributed by atoms with Gasteiger partial charge in [-0.3, -0.25) is 9.88 Å². The minimum Gasteiger partial charge on any atom is -0.496 e. The van der Waals surface area contributed by atoms with E-state index in [4.69, 9.17) is 4.74 Å². The number of fused-ring (bicyclic) bond motifs is 1. The number of nitrogens with zero attached hydrogens (tertiary/aromatic N) is 2. The molecule has 4 rings (SSSR count). The standard InChI is InChI=1S/C23H30N2O2/c1-15-6-5-11-24-22(15)23(26)10-9-19-13-25(14-20(19)23)12-18-7-8-21(27-4)17(3)16(18)2/h5-8,11,19-20,26H,9-10,12-14H2,1-4H3/t19-,20+,23-/m0/s1. The molecule has 1 aromatic carbocycles. The third-order valence-electron chi connectivity index (χ3n) is 6.91. The Morgan fingerprint density at radius 1 is 1.19 bits per heavy atom. The second kappa shape index (κ2) is 6.92. The lowest BCUT2D eigenvalue weighted by Gasteiger charge is -2.31. The van der Waals surface area contributed by atoms with E-state index in [1.807, 2.05) is 12.3 Å². The molecule has 0 bridgehead atoms. The summed E-state index contributed by atoms with van der Waals surface area (Å²) in [6, 6.07) is 8.26. The molecule has 27 heavy (non-hydrogen) atoms. The van der Waals surface area contributed by atoms with Crippen LogP contribution in [0.5, 0.6) is 5.75 Å². The summed E-state index contributed by atoms with van der Waals surface area (Å²) in [5.74, 6) is 1.77. The van der Waals surface area contributed by atoms with Gasteiger partial charge in [0.25, 0.3) is 0 Å². The average Bonchev–Trinajstić information content (AvgIpc) is 3.20. The Balaban J connectivity index is 1.54. The van der Waals surface area contributed by atoms with Crippen LogP contribution in [0.4, 0.5) is 0 Å². The van der Waals surface area contributed by atoms with E-state index < -0.39 is 5.60 Å². The van der Waals surface area contributed by atoms with E-state index in [1.54, 1.807) is 7.11 Å². The van der Waals surface area contributed by atoms with Gasteiger partial charge in [-0.05, 0) is 73.9 Å². The Hall–Kier alpha value is -1.91. The second-order valence-electron chi connectivity index (χ2n) is 8.37. The van der Waals surface area contributed by atoms with Crippen molar-refractivity contribution in [3.63, 3.8) is 0 Å². The van der Waals surface area contributed by atoms with Crippen LogP contribution >= 0.6 is 0 Å². The van der Waals surface area contributed by atoms with Gasteiger partial charge >= 0.3 is 0 Å². The molecule has 0 unspecified atom stereocenters. The molecule has 1 saturated carbocycles. The van der Waals surface area contributed by atoms with E-state index in [2.05, 4.69) is 48.9 Å². The predicted molar refractivity (Wildman–Crippen MR) is 107 cm³/mol. The van der Waals surface area contributed by atoms with Crippen molar-refractivity contribution in [1.29, 1.82) is 0 Å². The van der Waals surface area contributed by atoms with Crippen molar-refractivity contribution >= 4 is 0 Å². The van der Waals surface area contributed by atoms with Crippen molar-refractivity contribution in [2.45, 2.75) is 45.8 Å². The van der Waals surface area contributed by atoms with Crippen LogP contribution in [0.25, 0.3) is 0 Å². The van der Waals surface area contributed by atoms with Gasteiger partial charge in [-0.25, -0.2) is 0 Å². The third kappa shape index (κ3) is 3.05. The van der Waals surface area contributed by atoms with Gasteiger partial charge in [-0.1, -0.05) is 12.1 Å². The molecule has 2 aliphatic rings. The summed E-state index contributed by atoms with van der Waals surface area (Å²) < 4.78 is 5.45. The number of aromatic nitrogens is 1. The van der Waals surface area contributed by atoms with E-state index in [0.29, 0.717) is 5.92 Å². The van der Waals surface area contributed by atoms with Crippen molar-refractivity contribution in [2.75, 3.05) is 20.2 Å². The number of rotatable bonds is 4. The van der Waals surface area contributed by atoms with Crippen LogP contribution in [0.3, 0.4) is 0 Å². The van der Waals surface area contributed by atoms with Crippen LogP contribution in [0.15, 0.2) is 30.5 Å². The van der Waals surface area contributed by atoms with Gasteiger partial charge in [-0.15, -0.1) is 0 Å². The number of aliphatic hydroxyl groups is 1. The molecule has 144 valence electrons. The molecule has 1 aromatic heterocycles. The van der Waals surface area contributed by atoms with Crippen molar-refractivity contribution < 1.29 is 9.84 Å². The molecule has 2 heterocycles. The molecule has 2 aromatic rings. The van der Waals surface area contributed by atoms with E-state index in [-0.39, 0.29) is 5.92 Å².